The van der Waals surface area contributed by atoms with Crippen molar-refractivity contribution in [3.8, 4) is 0 Å². The van der Waals surface area contributed by atoms with Gasteiger partial charge in [-0.2, -0.15) is 12.7 Å². The standard InChI is InChI=1S/C38H60N6O7S/c1-10-24-21-38(24,32(49)41-52(50,51)42-18-11-12-19-42)40-29(46)25-22-37(35(8,9)36(37)16-14-17-36)23-44(25)31(48)27(33(2,3)4)39-30(47)28(34(5,6)7)43-20-13-15-26(43)45/h10,24-25,27-28H,1,11-23H2,2-9H3,(H,39,47)(H,40,46)(H,41,49)/t24-,25+,27-,28-,37-,38-/m1/s1. The smallest absolute Gasteiger partial charge is 0.303 e. The Morgan fingerprint density at radius 1 is 0.904 bits per heavy atom. The minimum atomic E-state index is -4.10. The third-order valence-electron chi connectivity index (χ3n) is 14.0. The van der Waals surface area contributed by atoms with Crippen molar-refractivity contribution >= 4 is 39.7 Å². The summed E-state index contributed by atoms with van der Waals surface area (Å²) >= 11 is 0. The number of rotatable bonds is 10. The van der Waals surface area contributed by atoms with Crippen molar-refractivity contribution in [2.24, 2.45) is 33.0 Å². The van der Waals surface area contributed by atoms with Crippen LogP contribution in [0.1, 0.15) is 113 Å². The molecule has 3 heterocycles. The van der Waals surface area contributed by atoms with Gasteiger partial charge in [0.1, 0.15) is 23.7 Å². The monoisotopic (exact) mass is 744 g/mol. The number of likely N-dealkylation sites (tertiary alicyclic amines) is 2. The van der Waals surface area contributed by atoms with E-state index in [4.69, 9.17) is 0 Å². The minimum absolute atomic E-state index is 0.0103. The Labute approximate surface area is 309 Å². The third-order valence-corrected chi connectivity index (χ3v) is 15.5. The highest BCUT2D eigenvalue weighted by atomic mass is 32.2. The third kappa shape index (κ3) is 5.88. The number of amides is 5. The first-order chi connectivity index (χ1) is 24.0. The first-order valence-corrected chi connectivity index (χ1v) is 20.6. The van der Waals surface area contributed by atoms with Gasteiger partial charge >= 0.3 is 10.2 Å². The molecule has 6 rings (SSSR count). The van der Waals surface area contributed by atoms with Gasteiger partial charge in [-0.25, -0.2) is 4.72 Å². The Morgan fingerprint density at radius 3 is 2.00 bits per heavy atom. The zero-order valence-corrected chi connectivity index (χ0v) is 33.2. The van der Waals surface area contributed by atoms with Gasteiger partial charge in [-0.15, -0.1) is 6.58 Å². The van der Waals surface area contributed by atoms with E-state index in [1.807, 2.05) is 41.5 Å². The summed E-state index contributed by atoms with van der Waals surface area (Å²) in [6, 6.07) is -2.75. The van der Waals surface area contributed by atoms with Gasteiger partial charge in [0.05, 0.1) is 0 Å². The zero-order valence-electron chi connectivity index (χ0n) is 32.4. The summed E-state index contributed by atoms with van der Waals surface area (Å²) < 4.78 is 29.6. The van der Waals surface area contributed by atoms with Crippen molar-refractivity contribution in [2.75, 3.05) is 26.2 Å². The molecule has 3 saturated heterocycles. The molecule has 2 spiro atoms. The average molecular weight is 745 g/mol. The van der Waals surface area contributed by atoms with E-state index in [-0.39, 0.29) is 34.5 Å². The van der Waals surface area contributed by atoms with Gasteiger partial charge in [0.2, 0.25) is 23.6 Å². The predicted molar refractivity (Wildman–Crippen MR) is 195 cm³/mol. The van der Waals surface area contributed by atoms with Crippen LogP contribution in [0.5, 0.6) is 0 Å². The molecule has 14 heteroatoms. The lowest BCUT2D eigenvalue weighted by Crippen LogP contribution is -2.63. The number of carbonyl (C=O) groups is 5. The topological polar surface area (TPSA) is 165 Å². The lowest BCUT2D eigenvalue weighted by atomic mass is 9.73. The maximum atomic E-state index is 15.0. The van der Waals surface area contributed by atoms with Gasteiger partial charge in [0.15, 0.2) is 0 Å². The Hall–Kier alpha value is -3.00. The molecule has 290 valence electrons. The SMILES string of the molecule is C=C[C@@H]1C[C@]1(NC(=O)[C@@H]1C[C@@]2(CN1C(=O)[C@@H](NC(=O)[C@@H](N1CCCC1=O)C(C)(C)C)C(C)(C)C)C(C)(C)C21CCC1)C(=O)NS(=O)(=O)N1CCCC1. The summed E-state index contributed by atoms with van der Waals surface area (Å²) in [4.78, 5) is 73.6. The second-order valence-corrected chi connectivity index (χ2v) is 20.8. The first-order valence-electron chi connectivity index (χ1n) is 19.2. The molecule has 0 unspecified atom stereocenters. The van der Waals surface area contributed by atoms with E-state index in [9.17, 15) is 32.4 Å². The van der Waals surface area contributed by atoms with E-state index in [2.05, 4.69) is 35.8 Å². The maximum absolute atomic E-state index is 15.0. The molecule has 0 radical (unpaired) electrons. The van der Waals surface area contributed by atoms with Crippen LogP contribution in [0.2, 0.25) is 0 Å². The van der Waals surface area contributed by atoms with Crippen LogP contribution in [0, 0.1) is 33.0 Å². The molecule has 6 fully saturated rings. The van der Waals surface area contributed by atoms with Crippen molar-refractivity contribution in [1.82, 2.24) is 29.5 Å². The fraction of sp³-hybridized carbons (Fsp3) is 0.816. The second kappa shape index (κ2) is 12.5. The van der Waals surface area contributed by atoms with Gasteiger partial charge < -0.3 is 20.4 Å². The van der Waals surface area contributed by atoms with Gasteiger partial charge in [0.25, 0.3) is 5.91 Å². The van der Waals surface area contributed by atoms with Crippen LogP contribution in [0.4, 0.5) is 0 Å². The van der Waals surface area contributed by atoms with Crippen molar-refractivity contribution in [2.45, 2.75) is 137 Å². The van der Waals surface area contributed by atoms with Gasteiger partial charge in [-0.05, 0) is 66.6 Å². The van der Waals surface area contributed by atoms with Crippen molar-refractivity contribution in [1.29, 1.82) is 0 Å². The minimum Gasteiger partial charge on any atom is -0.342 e. The summed E-state index contributed by atoms with van der Waals surface area (Å²) in [5, 5.41) is 5.99. The molecule has 0 aromatic carbocycles. The molecule has 5 amide bonds. The number of nitrogens with zero attached hydrogens (tertiary/aromatic N) is 3. The highest BCUT2D eigenvalue weighted by Gasteiger charge is 2.85. The largest absolute Gasteiger partial charge is 0.342 e. The number of hydrogen-bond acceptors (Lipinski definition) is 7. The van der Waals surface area contributed by atoms with E-state index in [1.54, 1.807) is 15.9 Å². The number of nitrogens with one attached hydrogen (secondary N) is 3. The van der Waals surface area contributed by atoms with Crippen molar-refractivity contribution < 1.29 is 32.4 Å². The Bertz CT molecular complexity index is 1650. The maximum Gasteiger partial charge on any atom is 0.303 e. The molecule has 13 nitrogen and oxygen atoms in total. The average Bonchev–Trinajstić information content (AvgIpc) is 3.40. The van der Waals surface area contributed by atoms with Crippen LogP contribution in [0.3, 0.4) is 0 Å². The summed E-state index contributed by atoms with van der Waals surface area (Å²) in [6.07, 6.45) is 7.70. The number of hydrogen-bond donors (Lipinski definition) is 3. The van der Waals surface area contributed by atoms with Crippen LogP contribution in [0.15, 0.2) is 12.7 Å². The zero-order chi connectivity index (χ0) is 38.4. The molecule has 0 aromatic rings. The van der Waals surface area contributed by atoms with Crippen molar-refractivity contribution in [3.05, 3.63) is 12.7 Å². The Morgan fingerprint density at radius 2 is 1.54 bits per heavy atom. The highest BCUT2D eigenvalue weighted by molar-refractivity contribution is 7.87. The molecule has 6 atom stereocenters. The summed E-state index contributed by atoms with van der Waals surface area (Å²) in [7, 11) is -4.10. The van der Waals surface area contributed by atoms with Gasteiger partial charge in [0, 0.05) is 43.9 Å². The van der Waals surface area contributed by atoms with Crippen LogP contribution in [-0.4, -0.2) is 102 Å². The summed E-state index contributed by atoms with van der Waals surface area (Å²) in [5.41, 5.74) is -3.35. The lowest BCUT2D eigenvalue weighted by molar-refractivity contribution is -0.147. The van der Waals surface area contributed by atoms with E-state index in [0.717, 1.165) is 19.3 Å². The molecule has 3 aliphatic carbocycles. The van der Waals surface area contributed by atoms with Crippen molar-refractivity contribution in [3.63, 3.8) is 0 Å². The molecule has 52 heavy (non-hydrogen) atoms. The van der Waals surface area contributed by atoms with Gasteiger partial charge in [-0.1, -0.05) is 67.9 Å². The van der Waals surface area contributed by atoms with Crippen LogP contribution >= 0.6 is 0 Å². The van der Waals surface area contributed by atoms with Crippen LogP contribution in [-0.2, 0) is 34.2 Å². The molecule has 3 aliphatic heterocycles. The first kappa shape index (κ1) is 38.7. The van der Waals surface area contributed by atoms with E-state index in [0.29, 0.717) is 58.3 Å². The van der Waals surface area contributed by atoms with Crippen LogP contribution < -0.4 is 15.4 Å². The fourth-order valence-corrected chi connectivity index (χ4v) is 11.9. The lowest BCUT2D eigenvalue weighted by Gasteiger charge is -2.40. The normalized spacial score (nSPS) is 32.0. The number of fused-ring (bicyclic) bond motifs is 1. The van der Waals surface area contributed by atoms with E-state index < -0.39 is 68.3 Å². The summed E-state index contributed by atoms with van der Waals surface area (Å²) in [5.74, 6) is -2.69. The molecule has 3 N–H and O–H groups in total. The highest BCUT2D eigenvalue weighted by Crippen LogP contribution is 2.88. The molecule has 0 bridgehead atoms. The number of carbonyl (C=O) groups excluding carboxylic acids is 5. The molecular weight excluding hydrogens is 685 g/mol. The van der Waals surface area contributed by atoms with E-state index >= 15 is 0 Å². The quantitative estimate of drug-likeness (QED) is 0.290. The predicted octanol–water partition coefficient (Wildman–Crippen LogP) is 2.87. The molecule has 3 saturated carbocycles. The Kier molecular flexibility index (Phi) is 9.33. The Balaban J connectivity index is 1.29. The molecular formula is C38H60N6O7S. The summed E-state index contributed by atoms with van der Waals surface area (Å²) in [6.45, 7) is 21.0. The fourth-order valence-electron chi connectivity index (χ4n) is 10.6. The second-order valence-electron chi connectivity index (χ2n) is 19.1. The van der Waals surface area contributed by atoms with Gasteiger partial charge in [-0.3, -0.25) is 24.0 Å². The van der Waals surface area contributed by atoms with E-state index in [1.165, 1.54) is 4.31 Å². The molecule has 6 aliphatic rings. The molecule has 0 aromatic heterocycles. The van der Waals surface area contributed by atoms with Crippen LogP contribution in [0.25, 0.3) is 0 Å².